The normalized spacial score (nSPS) is 23.5. The van der Waals surface area contributed by atoms with E-state index >= 15 is 0 Å². The molecule has 0 radical (unpaired) electrons. The first-order chi connectivity index (χ1) is 10.3. The molecule has 0 aromatic heterocycles. The Morgan fingerprint density at radius 1 is 1.45 bits per heavy atom. The third-order valence-corrected chi connectivity index (χ3v) is 5.39. The maximum Gasteiger partial charge on any atom is 0.211 e. The number of sulfonamides is 1. The third-order valence-electron chi connectivity index (χ3n) is 4.12. The number of hydrogen-bond acceptors (Lipinski definition) is 4. The molecule has 124 valence electrons. The fraction of sp³-hybridized carbons (Fsp3) is 0.600. The van der Waals surface area contributed by atoms with Crippen LogP contribution in [0.3, 0.4) is 0 Å². The van der Waals surface area contributed by atoms with Gasteiger partial charge in [-0.3, -0.25) is 0 Å². The van der Waals surface area contributed by atoms with Gasteiger partial charge in [-0.2, -0.15) is 0 Å². The Balaban J connectivity index is 1.91. The van der Waals surface area contributed by atoms with Gasteiger partial charge < -0.3 is 10.1 Å². The van der Waals surface area contributed by atoms with Gasteiger partial charge in [0.05, 0.1) is 13.4 Å². The monoisotopic (exact) mass is 330 g/mol. The number of hydrogen-bond donors (Lipinski definition) is 1. The number of rotatable bonds is 5. The van der Waals surface area contributed by atoms with E-state index in [-0.39, 0.29) is 23.5 Å². The van der Waals surface area contributed by atoms with E-state index < -0.39 is 10.0 Å². The van der Waals surface area contributed by atoms with E-state index in [1.807, 2.05) is 13.0 Å². The van der Waals surface area contributed by atoms with Crippen molar-refractivity contribution in [1.29, 1.82) is 0 Å². The van der Waals surface area contributed by atoms with Crippen LogP contribution in [0.2, 0.25) is 0 Å². The first-order valence-corrected chi connectivity index (χ1v) is 9.17. The summed E-state index contributed by atoms with van der Waals surface area (Å²) in [6, 6.07) is 5.12. The minimum atomic E-state index is -3.12. The van der Waals surface area contributed by atoms with Gasteiger partial charge in [-0.1, -0.05) is 13.0 Å². The number of ether oxygens (including phenoxy) is 1. The highest BCUT2D eigenvalue weighted by Crippen LogP contribution is 2.21. The minimum absolute atomic E-state index is 0.214. The predicted molar refractivity (Wildman–Crippen MR) is 83.8 cm³/mol. The first kappa shape index (κ1) is 17.2. The van der Waals surface area contributed by atoms with Gasteiger partial charge in [-0.15, -0.1) is 0 Å². The lowest BCUT2D eigenvalue weighted by molar-refractivity contribution is 0.220. The van der Waals surface area contributed by atoms with E-state index in [0.29, 0.717) is 19.6 Å². The van der Waals surface area contributed by atoms with Gasteiger partial charge in [-0.05, 0) is 30.0 Å². The van der Waals surface area contributed by atoms with Crippen molar-refractivity contribution in [3.8, 4) is 5.75 Å². The molecule has 1 aliphatic rings. The summed E-state index contributed by atoms with van der Waals surface area (Å²) in [5.41, 5.74) is 0.844. The zero-order chi connectivity index (χ0) is 16.3. The van der Waals surface area contributed by atoms with Crippen LogP contribution in [0.15, 0.2) is 18.2 Å². The van der Waals surface area contributed by atoms with Crippen LogP contribution in [0.5, 0.6) is 5.75 Å². The van der Waals surface area contributed by atoms with Crippen LogP contribution in [-0.4, -0.2) is 45.2 Å². The summed E-state index contributed by atoms with van der Waals surface area (Å²) in [4.78, 5) is 0. The molecular weight excluding hydrogens is 307 g/mol. The quantitative estimate of drug-likeness (QED) is 0.891. The summed E-state index contributed by atoms with van der Waals surface area (Å²) < 4.78 is 43.2. The Hall–Kier alpha value is -1.18. The summed E-state index contributed by atoms with van der Waals surface area (Å²) >= 11 is 0. The highest BCUT2D eigenvalue weighted by molar-refractivity contribution is 7.88. The van der Waals surface area contributed by atoms with Gasteiger partial charge in [0.25, 0.3) is 0 Å². The fourth-order valence-corrected chi connectivity index (χ4v) is 3.72. The number of piperidine rings is 1. The van der Waals surface area contributed by atoms with Crippen LogP contribution >= 0.6 is 0 Å². The summed E-state index contributed by atoms with van der Waals surface area (Å²) in [5.74, 6) is 0.0758. The molecule has 0 saturated carbocycles. The summed E-state index contributed by atoms with van der Waals surface area (Å²) in [6.07, 6.45) is 2.00. The SMILES string of the molecule is COc1ccc(CNC2CCN(S(C)(=O)=O)CC2C)cc1F. The van der Waals surface area contributed by atoms with E-state index in [9.17, 15) is 12.8 Å². The van der Waals surface area contributed by atoms with Crippen molar-refractivity contribution in [3.05, 3.63) is 29.6 Å². The zero-order valence-corrected chi connectivity index (χ0v) is 14.0. The van der Waals surface area contributed by atoms with Crippen molar-refractivity contribution in [3.63, 3.8) is 0 Å². The molecule has 1 aromatic rings. The van der Waals surface area contributed by atoms with Crippen molar-refractivity contribution in [2.45, 2.75) is 25.9 Å². The molecule has 1 aliphatic heterocycles. The van der Waals surface area contributed by atoms with E-state index in [1.54, 1.807) is 6.07 Å². The maximum absolute atomic E-state index is 13.6. The Bertz CT molecular complexity index is 621. The number of nitrogens with one attached hydrogen (secondary N) is 1. The molecule has 1 saturated heterocycles. The van der Waals surface area contributed by atoms with Crippen molar-refractivity contribution in [2.24, 2.45) is 5.92 Å². The van der Waals surface area contributed by atoms with Crippen LogP contribution in [0.25, 0.3) is 0 Å². The van der Waals surface area contributed by atoms with E-state index in [1.165, 1.54) is 23.7 Å². The average molecular weight is 330 g/mol. The lowest BCUT2D eigenvalue weighted by Gasteiger charge is -2.36. The Labute approximate surface area is 131 Å². The molecule has 1 N–H and O–H groups in total. The number of halogens is 1. The van der Waals surface area contributed by atoms with Gasteiger partial charge in [-0.25, -0.2) is 17.1 Å². The fourth-order valence-electron chi connectivity index (χ4n) is 2.78. The molecule has 0 bridgehead atoms. The summed E-state index contributed by atoms with van der Waals surface area (Å²) in [6.45, 7) is 3.63. The second-order valence-corrected chi connectivity index (χ2v) is 7.83. The molecule has 0 aliphatic carbocycles. The van der Waals surface area contributed by atoms with Crippen LogP contribution in [-0.2, 0) is 16.6 Å². The topological polar surface area (TPSA) is 58.6 Å². The predicted octanol–water partition coefficient (Wildman–Crippen LogP) is 1.59. The van der Waals surface area contributed by atoms with E-state index in [4.69, 9.17) is 4.74 Å². The molecule has 5 nitrogen and oxygen atoms in total. The van der Waals surface area contributed by atoms with E-state index in [0.717, 1.165) is 12.0 Å². The molecular formula is C15H23FN2O3S. The van der Waals surface area contributed by atoms with Gasteiger partial charge in [0.2, 0.25) is 10.0 Å². The summed E-state index contributed by atoms with van der Waals surface area (Å²) in [7, 11) is -1.68. The second kappa shape index (κ2) is 6.93. The van der Waals surface area contributed by atoms with Crippen LogP contribution in [0.4, 0.5) is 4.39 Å². The standard InChI is InChI=1S/C15H23FN2O3S/c1-11-10-18(22(3,19)20)7-6-14(11)17-9-12-4-5-15(21-2)13(16)8-12/h4-5,8,11,14,17H,6-7,9-10H2,1-3H3. The average Bonchev–Trinajstić information content (AvgIpc) is 2.45. The molecule has 1 heterocycles. The molecule has 7 heteroatoms. The number of benzene rings is 1. The van der Waals surface area contributed by atoms with E-state index in [2.05, 4.69) is 5.32 Å². The van der Waals surface area contributed by atoms with Gasteiger partial charge >= 0.3 is 0 Å². The molecule has 2 unspecified atom stereocenters. The highest BCUT2D eigenvalue weighted by atomic mass is 32.2. The second-order valence-electron chi connectivity index (χ2n) is 5.84. The van der Waals surface area contributed by atoms with Gasteiger partial charge in [0.15, 0.2) is 11.6 Å². The molecule has 1 fully saturated rings. The van der Waals surface area contributed by atoms with Crippen LogP contribution in [0.1, 0.15) is 18.9 Å². The maximum atomic E-state index is 13.6. The lowest BCUT2D eigenvalue weighted by Crippen LogP contribution is -2.49. The summed E-state index contributed by atoms with van der Waals surface area (Å²) in [5, 5.41) is 3.40. The van der Waals surface area contributed by atoms with Crippen LogP contribution in [0, 0.1) is 11.7 Å². The van der Waals surface area contributed by atoms with Gasteiger partial charge in [0.1, 0.15) is 0 Å². The molecule has 22 heavy (non-hydrogen) atoms. The van der Waals surface area contributed by atoms with Crippen molar-refractivity contribution < 1.29 is 17.5 Å². The minimum Gasteiger partial charge on any atom is -0.494 e. The lowest BCUT2D eigenvalue weighted by atomic mass is 9.95. The zero-order valence-electron chi connectivity index (χ0n) is 13.2. The van der Waals surface area contributed by atoms with Gasteiger partial charge in [0, 0.05) is 25.7 Å². The smallest absolute Gasteiger partial charge is 0.211 e. The molecule has 0 amide bonds. The van der Waals surface area contributed by atoms with Crippen molar-refractivity contribution in [2.75, 3.05) is 26.5 Å². The number of nitrogens with zero attached hydrogens (tertiary/aromatic N) is 1. The van der Waals surface area contributed by atoms with Crippen molar-refractivity contribution >= 4 is 10.0 Å². The largest absolute Gasteiger partial charge is 0.494 e. The highest BCUT2D eigenvalue weighted by Gasteiger charge is 2.29. The molecule has 2 atom stereocenters. The Morgan fingerprint density at radius 2 is 2.18 bits per heavy atom. The van der Waals surface area contributed by atoms with Crippen molar-refractivity contribution in [1.82, 2.24) is 9.62 Å². The molecule has 1 aromatic carbocycles. The molecule has 0 spiro atoms. The Morgan fingerprint density at radius 3 is 2.73 bits per heavy atom. The van der Waals surface area contributed by atoms with Crippen LogP contribution < -0.4 is 10.1 Å². The molecule has 2 rings (SSSR count). The Kier molecular flexibility index (Phi) is 5.41. The first-order valence-electron chi connectivity index (χ1n) is 7.32. The third kappa shape index (κ3) is 4.18. The number of methoxy groups -OCH3 is 1.